The molecule has 222 valence electrons. The van der Waals surface area contributed by atoms with Gasteiger partial charge in [0, 0.05) is 44.2 Å². The summed E-state index contributed by atoms with van der Waals surface area (Å²) in [5, 5.41) is 4.53. The van der Waals surface area contributed by atoms with Gasteiger partial charge in [-0.1, -0.05) is 109 Å². The number of hydrogen-bond acceptors (Lipinski definition) is 4. The number of nitrogens with zero attached hydrogens (tertiary/aromatic N) is 1. The largest absolute Gasteiger partial charge is 0.455 e. The van der Waals surface area contributed by atoms with Gasteiger partial charge in [0.1, 0.15) is 16.7 Å². The van der Waals surface area contributed by atoms with Crippen LogP contribution in [-0.2, 0) is 0 Å². The Hall–Kier alpha value is -6.39. The van der Waals surface area contributed by atoms with Crippen molar-refractivity contribution in [2.24, 2.45) is 0 Å². The van der Waals surface area contributed by atoms with E-state index < -0.39 is 0 Å². The lowest BCUT2D eigenvalue weighted by molar-refractivity contribution is 0.569. The van der Waals surface area contributed by atoms with Gasteiger partial charge in [0.2, 0.25) is 0 Å². The molecule has 0 fully saturated rings. The van der Waals surface area contributed by atoms with Crippen molar-refractivity contribution in [2.45, 2.75) is 0 Å². The fourth-order valence-corrected chi connectivity index (χ4v) is 6.65. The van der Waals surface area contributed by atoms with Crippen molar-refractivity contribution in [3.05, 3.63) is 174 Å². The minimum atomic E-state index is -0.340. The second kappa shape index (κ2) is 10.9. The van der Waals surface area contributed by atoms with Crippen molar-refractivity contribution in [3.8, 4) is 22.3 Å². The van der Waals surface area contributed by atoms with E-state index in [1.165, 1.54) is 5.56 Å². The van der Waals surface area contributed by atoms with Gasteiger partial charge in [0.05, 0.1) is 5.39 Å². The molecule has 0 saturated heterocycles. The molecule has 2 heterocycles. The number of benzene rings is 7. The van der Waals surface area contributed by atoms with E-state index in [0.717, 1.165) is 66.5 Å². The van der Waals surface area contributed by atoms with E-state index in [9.17, 15) is 4.79 Å². The molecule has 0 atom stereocenters. The molecule has 9 aromatic rings. The van der Waals surface area contributed by atoms with Crippen LogP contribution in [0.2, 0.25) is 0 Å². The van der Waals surface area contributed by atoms with Gasteiger partial charge in [0.25, 0.3) is 0 Å². The number of para-hydroxylation sites is 3. The third-order valence-electron chi connectivity index (χ3n) is 8.93. The fraction of sp³-hybridized carbons (Fsp3) is 0. The molecule has 9 rings (SSSR count). The third-order valence-corrected chi connectivity index (χ3v) is 8.93. The lowest BCUT2D eigenvalue weighted by atomic mass is 10.0. The molecule has 0 saturated carbocycles. The van der Waals surface area contributed by atoms with Gasteiger partial charge >= 0.3 is 5.63 Å². The highest BCUT2D eigenvalue weighted by molar-refractivity contribution is 6.10. The average Bonchev–Trinajstić information content (AvgIpc) is 3.52. The molecule has 0 N–H and O–H groups in total. The molecule has 0 bridgehead atoms. The molecule has 7 aromatic carbocycles. The van der Waals surface area contributed by atoms with Crippen LogP contribution in [0.15, 0.2) is 177 Å². The van der Waals surface area contributed by atoms with Gasteiger partial charge in [-0.25, -0.2) is 4.79 Å². The maximum absolute atomic E-state index is 12.9. The van der Waals surface area contributed by atoms with Crippen LogP contribution < -0.4 is 10.5 Å². The second-order valence-electron chi connectivity index (χ2n) is 11.7. The van der Waals surface area contributed by atoms with Gasteiger partial charge < -0.3 is 13.7 Å². The van der Waals surface area contributed by atoms with Crippen LogP contribution in [0.1, 0.15) is 0 Å². The van der Waals surface area contributed by atoms with Crippen LogP contribution in [-0.4, -0.2) is 0 Å². The maximum Gasteiger partial charge on any atom is 0.344 e. The highest BCUT2D eigenvalue weighted by atomic mass is 16.4. The first-order chi connectivity index (χ1) is 23.2. The number of furan rings is 1. The summed E-state index contributed by atoms with van der Waals surface area (Å²) < 4.78 is 12.0. The lowest BCUT2D eigenvalue weighted by Gasteiger charge is -2.26. The Morgan fingerprint density at radius 3 is 1.66 bits per heavy atom. The zero-order valence-electron chi connectivity index (χ0n) is 25.3. The Balaban J connectivity index is 1.19. The average molecular weight is 606 g/mol. The van der Waals surface area contributed by atoms with E-state index in [2.05, 4.69) is 108 Å². The summed E-state index contributed by atoms with van der Waals surface area (Å²) in [5.74, 6) is 0. The van der Waals surface area contributed by atoms with Crippen LogP contribution in [0.4, 0.5) is 17.1 Å². The minimum Gasteiger partial charge on any atom is -0.455 e. The van der Waals surface area contributed by atoms with Crippen LogP contribution >= 0.6 is 0 Å². The minimum absolute atomic E-state index is 0.340. The number of anilines is 3. The molecular weight excluding hydrogens is 578 g/mol. The summed E-state index contributed by atoms with van der Waals surface area (Å²) in [7, 11) is 0. The van der Waals surface area contributed by atoms with Gasteiger partial charge in [-0.3, -0.25) is 0 Å². The van der Waals surface area contributed by atoms with Gasteiger partial charge in [0.15, 0.2) is 0 Å². The van der Waals surface area contributed by atoms with E-state index in [1.54, 1.807) is 0 Å². The summed E-state index contributed by atoms with van der Waals surface area (Å²) >= 11 is 0. The first-order valence-electron chi connectivity index (χ1n) is 15.6. The molecule has 0 radical (unpaired) electrons. The Bertz CT molecular complexity index is 2630. The Morgan fingerprint density at radius 2 is 0.936 bits per heavy atom. The second-order valence-corrected chi connectivity index (χ2v) is 11.7. The summed E-state index contributed by atoms with van der Waals surface area (Å²) in [6, 6.07) is 55.7. The highest BCUT2D eigenvalue weighted by Crippen LogP contribution is 2.40. The van der Waals surface area contributed by atoms with Crippen molar-refractivity contribution in [2.75, 3.05) is 4.90 Å². The molecule has 0 aliphatic carbocycles. The molecule has 4 nitrogen and oxygen atoms in total. The summed E-state index contributed by atoms with van der Waals surface area (Å²) in [4.78, 5) is 15.1. The first-order valence-corrected chi connectivity index (χ1v) is 15.6. The van der Waals surface area contributed by atoms with E-state index in [1.807, 2.05) is 60.7 Å². The maximum atomic E-state index is 12.9. The van der Waals surface area contributed by atoms with Crippen molar-refractivity contribution in [1.82, 2.24) is 0 Å². The number of fused-ring (bicyclic) bond motifs is 6. The van der Waals surface area contributed by atoms with E-state index in [4.69, 9.17) is 8.83 Å². The Labute approximate surface area is 270 Å². The van der Waals surface area contributed by atoms with Gasteiger partial charge in [-0.2, -0.15) is 0 Å². The molecule has 0 amide bonds. The van der Waals surface area contributed by atoms with Crippen LogP contribution in [0.25, 0.3) is 65.9 Å². The molecule has 0 unspecified atom stereocenters. The monoisotopic (exact) mass is 605 g/mol. The first kappa shape index (κ1) is 27.0. The SMILES string of the molecule is O=c1oc2ccccc2c2cc(N(c3ccc(-c4ccccc4)cc3)c3ccc(-c4cccc5c4oc4ccccc45)cc3)ccc12. The van der Waals surface area contributed by atoms with Crippen LogP contribution in [0.5, 0.6) is 0 Å². The summed E-state index contributed by atoms with van der Waals surface area (Å²) in [6.45, 7) is 0. The molecule has 0 spiro atoms. The van der Waals surface area contributed by atoms with Crippen LogP contribution in [0.3, 0.4) is 0 Å². The molecule has 2 aromatic heterocycles. The topological polar surface area (TPSA) is 46.6 Å². The zero-order valence-corrected chi connectivity index (χ0v) is 25.3. The van der Waals surface area contributed by atoms with E-state index >= 15 is 0 Å². The zero-order chi connectivity index (χ0) is 31.3. The van der Waals surface area contributed by atoms with E-state index in [0.29, 0.717) is 11.0 Å². The molecule has 0 aliphatic heterocycles. The molecule has 4 heteroatoms. The summed E-state index contributed by atoms with van der Waals surface area (Å²) in [6.07, 6.45) is 0. The Kier molecular flexibility index (Phi) is 6.25. The predicted molar refractivity (Wildman–Crippen MR) is 193 cm³/mol. The molecular formula is C43H27NO3. The predicted octanol–water partition coefficient (Wildman–Crippen LogP) is 11.6. The lowest BCUT2D eigenvalue weighted by Crippen LogP contribution is -2.10. The highest BCUT2D eigenvalue weighted by Gasteiger charge is 2.17. The van der Waals surface area contributed by atoms with Crippen LogP contribution in [0, 0.1) is 0 Å². The van der Waals surface area contributed by atoms with Crippen molar-refractivity contribution >= 4 is 60.7 Å². The Morgan fingerprint density at radius 1 is 0.383 bits per heavy atom. The summed E-state index contributed by atoms with van der Waals surface area (Å²) in [5.41, 5.74) is 9.36. The fourth-order valence-electron chi connectivity index (χ4n) is 6.65. The van der Waals surface area contributed by atoms with Gasteiger partial charge in [-0.15, -0.1) is 0 Å². The quantitative estimate of drug-likeness (QED) is 0.145. The number of rotatable bonds is 5. The number of hydrogen-bond donors (Lipinski definition) is 0. The smallest absolute Gasteiger partial charge is 0.344 e. The van der Waals surface area contributed by atoms with E-state index in [-0.39, 0.29) is 5.63 Å². The normalized spacial score (nSPS) is 11.5. The third kappa shape index (κ3) is 4.58. The molecule has 47 heavy (non-hydrogen) atoms. The van der Waals surface area contributed by atoms with Crippen molar-refractivity contribution in [1.29, 1.82) is 0 Å². The standard InChI is InChI=1S/C43H27NO3/c45-43-38-26-25-33(27-39(38)36-12-5-7-16-41(36)47-43)44(31-21-17-29(18-22-31)28-9-2-1-3-10-28)32-23-19-30(20-24-32)34-13-8-14-37-35-11-4-6-15-40(35)46-42(34)37/h1-27H. The van der Waals surface area contributed by atoms with Crippen molar-refractivity contribution in [3.63, 3.8) is 0 Å². The van der Waals surface area contributed by atoms with Gasteiger partial charge in [-0.05, 0) is 71.3 Å². The van der Waals surface area contributed by atoms with Crippen molar-refractivity contribution < 1.29 is 8.83 Å². The molecule has 0 aliphatic rings.